The predicted molar refractivity (Wildman–Crippen MR) is 149 cm³/mol. The fourth-order valence-corrected chi connectivity index (χ4v) is 4.00. The van der Waals surface area contributed by atoms with Crippen molar-refractivity contribution >= 4 is 17.9 Å². The average Bonchev–Trinajstić information content (AvgIpc) is 2.80. The van der Waals surface area contributed by atoms with Crippen LogP contribution in [0, 0.1) is 0 Å². The van der Waals surface area contributed by atoms with Crippen molar-refractivity contribution < 1.29 is 24.2 Å². The first-order valence-corrected chi connectivity index (χ1v) is 13.2. The third kappa shape index (κ3) is 9.72. The zero-order valence-corrected chi connectivity index (χ0v) is 23.7. The number of nitrogens with zero attached hydrogens (tertiary/aromatic N) is 1. The van der Waals surface area contributed by atoms with E-state index in [4.69, 9.17) is 4.74 Å². The second-order valence-corrected chi connectivity index (χ2v) is 11.5. The molecule has 3 N–H and O–H groups in total. The SMILES string of the molecule is CCCCN(C(=O)C(Cc1ccccc1)NC(=O)OC(C)(C)C)C(C(=O)NC(C)(C)C)c1ccccc1O. The number of phenolic OH excluding ortho intramolecular Hbond substituents is 1. The van der Waals surface area contributed by atoms with Crippen molar-refractivity contribution in [3.8, 4) is 5.75 Å². The second kappa shape index (κ2) is 13.3. The molecule has 8 heteroatoms. The van der Waals surface area contributed by atoms with Gasteiger partial charge < -0.3 is 25.4 Å². The van der Waals surface area contributed by atoms with Crippen LogP contribution in [0.5, 0.6) is 5.75 Å². The molecule has 0 saturated heterocycles. The lowest BCUT2D eigenvalue weighted by Crippen LogP contribution is -2.55. The van der Waals surface area contributed by atoms with Crippen LogP contribution in [0.1, 0.15) is 78.5 Å². The van der Waals surface area contributed by atoms with Crippen molar-refractivity contribution in [2.45, 2.75) is 91.0 Å². The fourth-order valence-electron chi connectivity index (χ4n) is 4.00. The number of phenols is 1. The molecule has 0 fully saturated rings. The molecule has 0 saturated carbocycles. The van der Waals surface area contributed by atoms with Gasteiger partial charge in [-0.2, -0.15) is 0 Å². The van der Waals surface area contributed by atoms with Crippen LogP contribution in [0.4, 0.5) is 4.79 Å². The van der Waals surface area contributed by atoms with E-state index in [-0.39, 0.29) is 18.7 Å². The maximum atomic E-state index is 14.2. The molecule has 8 nitrogen and oxygen atoms in total. The molecular formula is C30H43N3O5. The summed E-state index contributed by atoms with van der Waals surface area (Å²) in [6.07, 6.45) is 0.889. The highest BCUT2D eigenvalue weighted by Crippen LogP contribution is 2.31. The number of para-hydroxylation sites is 1. The molecule has 3 amide bonds. The minimum Gasteiger partial charge on any atom is -0.508 e. The maximum absolute atomic E-state index is 14.2. The third-order valence-electron chi connectivity index (χ3n) is 5.60. The molecule has 0 aliphatic rings. The highest BCUT2D eigenvalue weighted by atomic mass is 16.6. The van der Waals surface area contributed by atoms with E-state index >= 15 is 0 Å². The number of hydrogen-bond acceptors (Lipinski definition) is 5. The Morgan fingerprint density at radius 3 is 2.11 bits per heavy atom. The zero-order chi connectivity index (χ0) is 28.5. The molecule has 0 spiro atoms. The van der Waals surface area contributed by atoms with E-state index in [0.717, 1.165) is 12.0 Å². The summed E-state index contributed by atoms with van der Waals surface area (Å²) < 4.78 is 5.45. The van der Waals surface area contributed by atoms with Crippen LogP contribution < -0.4 is 10.6 Å². The molecule has 2 aromatic carbocycles. The summed E-state index contributed by atoms with van der Waals surface area (Å²) in [4.78, 5) is 42.2. The number of unbranched alkanes of at least 4 members (excludes halogenated alkanes) is 1. The smallest absolute Gasteiger partial charge is 0.408 e. The van der Waals surface area contributed by atoms with Crippen molar-refractivity contribution in [2.75, 3.05) is 6.54 Å². The van der Waals surface area contributed by atoms with E-state index in [0.29, 0.717) is 12.0 Å². The van der Waals surface area contributed by atoms with Crippen molar-refractivity contribution in [1.29, 1.82) is 0 Å². The van der Waals surface area contributed by atoms with Gasteiger partial charge in [0.2, 0.25) is 11.8 Å². The summed E-state index contributed by atoms with van der Waals surface area (Å²) in [5, 5.41) is 16.4. The largest absolute Gasteiger partial charge is 0.508 e. The lowest BCUT2D eigenvalue weighted by atomic mass is 9.98. The van der Waals surface area contributed by atoms with E-state index in [1.165, 1.54) is 11.0 Å². The Balaban J connectivity index is 2.57. The van der Waals surface area contributed by atoms with E-state index in [2.05, 4.69) is 10.6 Å². The number of ether oxygens (including phenoxy) is 1. The Morgan fingerprint density at radius 2 is 1.55 bits per heavy atom. The molecule has 0 bridgehead atoms. The minimum atomic E-state index is -1.10. The topological polar surface area (TPSA) is 108 Å². The van der Waals surface area contributed by atoms with Gasteiger partial charge in [0.25, 0.3) is 0 Å². The third-order valence-corrected chi connectivity index (χ3v) is 5.60. The highest BCUT2D eigenvalue weighted by Gasteiger charge is 2.38. The van der Waals surface area contributed by atoms with Crippen LogP contribution in [-0.2, 0) is 20.7 Å². The van der Waals surface area contributed by atoms with Gasteiger partial charge in [-0.25, -0.2) is 4.79 Å². The average molecular weight is 526 g/mol. The highest BCUT2D eigenvalue weighted by molar-refractivity contribution is 5.93. The van der Waals surface area contributed by atoms with Crippen molar-refractivity contribution in [3.63, 3.8) is 0 Å². The van der Waals surface area contributed by atoms with E-state index in [9.17, 15) is 19.5 Å². The number of carbonyl (C=O) groups is 3. The number of alkyl carbamates (subject to hydrolysis) is 1. The molecule has 2 aromatic rings. The van der Waals surface area contributed by atoms with Gasteiger partial charge in [-0.3, -0.25) is 9.59 Å². The first-order valence-electron chi connectivity index (χ1n) is 13.2. The van der Waals surface area contributed by atoms with E-state index in [1.807, 2.05) is 58.0 Å². The number of hydrogen-bond donors (Lipinski definition) is 3. The number of benzene rings is 2. The molecule has 0 aliphatic carbocycles. The summed E-state index contributed by atoms with van der Waals surface area (Å²) in [5.41, 5.74) is -0.167. The van der Waals surface area contributed by atoms with Crippen molar-refractivity contribution in [1.82, 2.24) is 15.5 Å². The van der Waals surface area contributed by atoms with Crippen LogP contribution in [0.25, 0.3) is 0 Å². The summed E-state index contributed by atoms with van der Waals surface area (Å²) >= 11 is 0. The Kier molecular flexibility index (Phi) is 10.7. The zero-order valence-electron chi connectivity index (χ0n) is 23.7. The van der Waals surface area contributed by atoms with E-state index < -0.39 is 41.1 Å². The Hall–Kier alpha value is -3.55. The monoisotopic (exact) mass is 525 g/mol. The molecule has 0 radical (unpaired) electrons. The number of aromatic hydroxyl groups is 1. The standard InChI is InChI=1S/C30H43N3O5/c1-8-9-19-33(25(26(35)32-29(2,3)4)22-17-13-14-18-24(22)34)27(36)23(20-21-15-11-10-12-16-21)31-28(37)38-30(5,6)7/h10-18,23,25,34H,8-9,19-20H2,1-7H3,(H,31,37)(H,32,35). The molecular weight excluding hydrogens is 482 g/mol. The van der Waals surface area contributed by atoms with Gasteiger partial charge in [0.15, 0.2) is 0 Å². The summed E-state index contributed by atoms with van der Waals surface area (Å²) in [6, 6.07) is 13.8. The molecule has 0 heterocycles. The first-order chi connectivity index (χ1) is 17.7. The van der Waals surface area contributed by atoms with Crippen molar-refractivity contribution in [3.05, 3.63) is 65.7 Å². The molecule has 208 valence electrons. The Labute approximate surface area is 226 Å². The molecule has 0 aliphatic heterocycles. The number of nitrogens with one attached hydrogen (secondary N) is 2. The van der Waals surface area contributed by atoms with Gasteiger partial charge in [-0.05, 0) is 59.6 Å². The first kappa shape index (κ1) is 30.7. The normalized spacial score (nSPS) is 13.2. The van der Waals surface area contributed by atoms with Gasteiger partial charge in [0, 0.05) is 24.1 Å². The summed E-state index contributed by atoms with van der Waals surface area (Å²) in [7, 11) is 0. The molecule has 2 atom stereocenters. The van der Waals surface area contributed by atoms with Crippen LogP contribution >= 0.6 is 0 Å². The predicted octanol–water partition coefficient (Wildman–Crippen LogP) is 5.11. The van der Waals surface area contributed by atoms with Crippen molar-refractivity contribution in [2.24, 2.45) is 0 Å². The molecule has 2 rings (SSSR count). The Bertz CT molecular complexity index is 1070. The molecule has 0 aromatic heterocycles. The van der Waals surface area contributed by atoms with Gasteiger partial charge in [0.05, 0.1) is 0 Å². The quantitative estimate of drug-likeness (QED) is 0.399. The van der Waals surface area contributed by atoms with Gasteiger partial charge in [-0.1, -0.05) is 61.9 Å². The van der Waals surface area contributed by atoms with Gasteiger partial charge >= 0.3 is 6.09 Å². The van der Waals surface area contributed by atoms with Crippen LogP contribution in [0.2, 0.25) is 0 Å². The van der Waals surface area contributed by atoms with E-state index in [1.54, 1.807) is 39.0 Å². The fraction of sp³-hybridized carbons (Fsp3) is 0.500. The van der Waals surface area contributed by atoms with Crippen LogP contribution in [0.3, 0.4) is 0 Å². The molecule has 38 heavy (non-hydrogen) atoms. The van der Waals surface area contributed by atoms with Gasteiger partial charge in [-0.15, -0.1) is 0 Å². The lowest BCUT2D eigenvalue weighted by molar-refractivity contribution is -0.143. The molecule has 2 unspecified atom stereocenters. The van der Waals surface area contributed by atoms with Crippen LogP contribution in [0.15, 0.2) is 54.6 Å². The lowest BCUT2D eigenvalue weighted by Gasteiger charge is -2.36. The number of amides is 3. The number of rotatable bonds is 10. The van der Waals surface area contributed by atoms with Gasteiger partial charge in [0.1, 0.15) is 23.4 Å². The summed E-state index contributed by atoms with van der Waals surface area (Å²) in [6.45, 7) is 13.1. The maximum Gasteiger partial charge on any atom is 0.408 e. The summed E-state index contributed by atoms with van der Waals surface area (Å²) in [5.74, 6) is -0.944. The minimum absolute atomic E-state index is 0.0874. The Morgan fingerprint density at radius 1 is 0.947 bits per heavy atom. The number of carbonyl (C=O) groups excluding carboxylic acids is 3. The second-order valence-electron chi connectivity index (χ2n) is 11.5. The van der Waals surface area contributed by atoms with Crippen LogP contribution in [-0.4, -0.2) is 51.6 Å².